The van der Waals surface area contributed by atoms with E-state index in [0.29, 0.717) is 28.4 Å². The van der Waals surface area contributed by atoms with Crippen LogP contribution in [0.1, 0.15) is 17.0 Å². The first-order valence-electron chi connectivity index (χ1n) is 10.4. The summed E-state index contributed by atoms with van der Waals surface area (Å²) in [6, 6.07) is 16.8. The van der Waals surface area contributed by atoms with Crippen molar-refractivity contribution in [2.45, 2.75) is 19.4 Å². The Morgan fingerprint density at radius 2 is 1.61 bits per heavy atom. The number of halogens is 4. The van der Waals surface area contributed by atoms with Crippen LogP contribution in [0.4, 0.5) is 13.2 Å². The van der Waals surface area contributed by atoms with Crippen molar-refractivity contribution in [2.75, 3.05) is 26.2 Å². The Labute approximate surface area is 199 Å². The molecule has 1 aromatic heterocycles. The molecule has 174 valence electrons. The lowest BCUT2D eigenvalue weighted by Crippen LogP contribution is -2.46. The summed E-state index contributed by atoms with van der Waals surface area (Å²) < 4.78 is 42.5. The van der Waals surface area contributed by atoms with Crippen LogP contribution in [-0.4, -0.2) is 56.7 Å². The molecule has 3 aromatic rings. The molecule has 0 amide bonds. The molecule has 0 saturated carbocycles. The quantitative estimate of drug-likeness (QED) is 0.366. The number of hydrogen-bond donors (Lipinski definition) is 0. The van der Waals surface area contributed by atoms with Crippen LogP contribution in [0.5, 0.6) is 0 Å². The van der Waals surface area contributed by atoms with Gasteiger partial charge in [0.1, 0.15) is 0 Å². The Kier molecular flexibility index (Phi) is 7.28. The van der Waals surface area contributed by atoms with Gasteiger partial charge in [-0.2, -0.15) is 22.9 Å². The molecule has 2 aromatic carbocycles. The number of hydrogen-bond acceptors (Lipinski definition) is 5. The average Bonchev–Trinajstić information content (AvgIpc) is 3.11. The lowest BCUT2D eigenvalue weighted by atomic mass is 10.2. The Hall–Kier alpha value is -2.53. The normalized spacial score (nSPS) is 16.0. The highest BCUT2D eigenvalue weighted by atomic mass is 35.5. The van der Waals surface area contributed by atoms with Crippen molar-refractivity contribution in [1.29, 1.82) is 0 Å². The zero-order valence-electron chi connectivity index (χ0n) is 17.6. The van der Waals surface area contributed by atoms with E-state index in [4.69, 9.17) is 23.8 Å². The smallest absolute Gasteiger partial charge is 0.297 e. The van der Waals surface area contributed by atoms with Gasteiger partial charge in [-0.25, -0.2) is 4.68 Å². The fourth-order valence-electron chi connectivity index (χ4n) is 3.57. The number of aromatic nitrogens is 3. The van der Waals surface area contributed by atoms with E-state index in [1.165, 1.54) is 16.5 Å². The predicted octanol–water partition coefficient (Wildman–Crippen LogP) is 4.74. The van der Waals surface area contributed by atoms with Gasteiger partial charge >= 0.3 is 6.18 Å². The number of rotatable bonds is 6. The lowest BCUT2D eigenvalue weighted by molar-refractivity contribution is -0.147. The van der Waals surface area contributed by atoms with Crippen molar-refractivity contribution >= 4 is 30.0 Å². The molecule has 33 heavy (non-hydrogen) atoms. The van der Waals surface area contributed by atoms with E-state index in [0.717, 1.165) is 19.6 Å². The van der Waals surface area contributed by atoms with Crippen molar-refractivity contribution in [3.63, 3.8) is 0 Å². The molecule has 0 atom stereocenters. The molecule has 11 heteroatoms. The summed E-state index contributed by atoms with van der Waals surface area (Å²) in [6.45, 7) is 4.05. The molecule has 1 fully saturated rings. The minimum atomic E-state index is -4.69. The second-order valence-corrected chi connectivity index (χ2v) is 8.53. The van der Waals surface area contributed by atoms with Crippen molar-refractivity contribution in [3.8, 4) is 0 Å². The summed E-state index contributed by atoms with van der Waals surface area (Å²) >= 11 is 11.1. The Morgan fingerprint density at radius 3 is 2.24 bits per heavy atom. The second-order valence-electron chi connectivity index (χ2n) is 7.73. The average molecular weight is 495 g/mol. The van der Waals surface area contributed by atoms with Crippen LogP contribution in [-0.2, 0) is 19.4 Å². The van der Waals surface area contributed by atoms with Gasteiger partial charge in [0.05, 0.1) is 12.9 Å². The van der Waals surface area contributed by atoms with Gasteiger partial charge in [-0.1, -0.05) is 54.1 Å². The van der Waals surface area contributed by atoms with E-state index in [1.54, 1.807) is 24.3 Å². The maximum absolute atomic E-state index is 13.6. The number of benzene rings is 2. The molecule has 0 radical (unpaired) electrons. The first kappa shape index (κ1) is 23.6. The summed E-state index contributed by atoms with van der Waals surface area (Å²) in [5.41, 5.74) is 1.83. The van der Waals surface area contributed by atoms with Crippen LogP contribution in [0.15, 0.2) is 59.7 Å². The van der Waals surface area contributed by atoms with E-state index < -0.39 is 12.0 Å². The number of piperazine rings is 1. The highest BCUT2D eigenvalue weighted by Crippen LogP contribution is 2.28. The fraction of sp³-hybridized carbons (Fsp3) is 0.318. The highest BCUT2D eigenvalue weighted by Gasteiger charge is 2.39. The van der Waals surface area contributed by atoms with Gasteiger partial charge in [-0.15, -0.1) is 5.10 Å². The van der Waals surface area contributed by atoms with Gasteiger partial charge in [0.15, 0.2) is 0 Å². The van der Waals surface area contributed by atoms with E-state index in [9.17, 15) is 13.2 Å². The second kappa shape index (κ2) is 10.2. The van der Waals surface area contributed by atoms with Crippen LogP contribution in [0, 0.1) is 4.77 Å². The van der Waals surface area contributed by atoms with E-state index in [-0.39, 0.29) is 11.4 Å². The first-order valence-corrected chi connectivity index (χ1v) is 11.1. The maximum atomic E-state index is 13.6. The molecule has 1 aliphatic rings. The molecule has 6 nitrogen and oxygen atoms in total. The summed E-state index contributed by atoms with van der Waals surface area (Å²) in [5.74, 6) is -1.15. The Bertz CT molecular complexity index is 1150. The molecule has 1 saturated heterocycles. The fourth-order valence-corrected chi connectivity index (χ4v) is 3.92. The first-order chi connectivity index (χ1) is 15.8. The zero-order valence-corrected chi connectivity index (χ0v) is 19.2. The van der Waals surface area contributed by atoms with Crippen LogP contribution in [0.25, 0.3) is 0 Å². The molecule has 0 N–H and O–H groups in total. The standard InChI is InChI=1S/C22H22ClF3N6S/c23-19-8-6-17(7-9-19)14-27-32-20(22(24,25)26)28-31(21(32)33)16-30-12-10-29(11-13-30)15-18-4-2-1-3-5-18/h1-9,14H,10-13,15-16H2/b27-14+. The molecular formula is C22H22ClF3N6S. The number of alkyl halides is 3. The van der Waals surface area contributed by atoms with Crippen LogP contribution >= 0.6 is 23.8 Å². The molecular weight excluding hydrogens is 473 g/mol. The van der Waals surface area contributed by atoms with Gasteiger partial charge in [-0.3, -0.25) is 9.80 Å². The minimum Gasteiger partial charge on any atom is -0.297 e. The number of nitrogens with zero attached hydrogens (tertiary/aromatic N) is 6. The molecule has 2 heterocycles. The molecule has 0 aliphatic carbocycles. The lowest BCUT2D eigenvalue weighted by Gasteiger charge is -2.34. The van der Waals surface area contributed by atoms with E-state index in [1.807, 2.05) is 23.1 Å². The molecule has 0 bridgehead atoms. The SMILES string of the molecule is FC(F)(F)c1nn(CN2CCN(Cc3ccccc3)CC2)c(=S)n1/N=C/c1ccc(Cl)cc1. The third kappa shape index (κ3) is 6.08. The van der Waals surface area contributed by atoms with E-state index >= 15 is 0 Å². The highest BCUT2D eigenvalue weighted by molar-refractivity contribution is 7.71. The van der Waals surface area contributed by atoms with Gasteiger partial charge in [-0.05, 0) is 35.5 Å². The zero-order chi connectivity index (χ0) is 23.4. The largest absolute Gasteiger partial charge is 0.453 e. The van der Waals surface area contributed by atoms with Crippen molar-refractivity contribution in [3.05, 3.63) is 81.3 Å². The van der Waals surface area contributed by atoms with Crippen molar-refractivity contribution in [2.24, 2.45) is 5.10 Å². The topological polar surface area (TPSA) is 41.6 Å². The molecule has 0 spiro atoms. The van der Waals surface area contributed by atoms with Crippen LogP contribution in [0.3, 0.4) is 0 Å². The molecule has 1 aliphatic heterocycles. The van der Waals surface area contributed by atoms with Crippen molar-refractivity contribution < 1.29 is 13.2 Å². The molecule has 0 unspecified atom stereocenters. The van der Waals surface area contributed by atoms with Gasteiger partial charge in [0.2, 0.25) is 4.77 Å². The third-order valence-corrected chi connectivity index (χ3v) is 5.95. The van der Waals surface area contributed by atoms with Crippen LogP contribution in [0.2, 0.25) is 5.02 Å². The predicted molar refractivity (Wildman–Crippen MR) is 124 cm³/mol. The van der Waals surface area contributed by atoms with Crippen LogP contribution < -0.4 is 0 Å². The Morgan fingerprint density at radius 1 is 0.970 bits per heavy atom. The summed E-state index contributed by atoms with van der Waals surface area (Å²) in [5, 5.41) is 8.23. The monoisotopic (exact) mass is 494 g/mol. The maximum Gasteiger partial charge on any atom is 0.453 e. The third-order valence-electron chi connectivity index (χ3n) is 5.31. The van der Waals surface area contributed by atoms with Gasteiger partial charge in [0.25, 0.3) is 5.82 Å². The van der Waals surface area contributed by atoms with Gasteiger partial charge in [0, 0.05) is 37.7 Å². The summed E-state index contributed by atoms with van der Waals surface area (Å²) in [7, 11) is 0. The Balaban J connectivity index is 1.46. The summed E-state index contributed by atoms with van der Waals surface area (Å²) in [6.07, 6.45) is -3.39. The van der Waals surface area contributed by atoms with E-state index in [2.05, 4.69) is 27.2 Å². The minimum absolute atomic E-state index is 0.112. The van der Waals surface area contributed by atoms with Gasteiger partial charge < -0.3 is 0 Å². The molecule has 4 rings (SSSR count). The summed E-state index contributed by atoms with van der Waals surface area (Å²) in [4.78, 5) is 4.36. The van der Waals surface area contributed by atoms with Crippen molar-refractivity contribution in [1.82, 2.24) is 24.3 Å².